The first-order valence-electron chi connectivity index (χ1n) is 6.43. The first-order valence-corrected chi connectivity index (χ1v) is 6.43. The summed E-state index contributed by atoms with van der Waals surface area (Å²) in [4.78, 5) is 8.37. The lowest BCUT2D eigenvalue weighted by Crippen LogP contribution is -1.82. The number of nitrogens with zero attached hydrogens (tertiary/aromatic N) is 2. The summed E-state index contributed by atoms with van der Waals surface area (Å²) >= 11 is 0. The van der Waals surface area contributed by atoms with Crippen LogP contribution in [0.15, 0.2) is 58.5 Å². The third-order valence-electron chi connectivity index (χ3n) is 2.91. The minimum Gasteiger partial charge on any atom is -0.221 e. The Hall–Kier alpha value is -2.18. The molecule has 0 saturated carbocycles. The van der Waals surface area contributed by atoms with Crippen LogP contribution in [-0.2, 0) is 13.1 Å². The zero-order valence-electron chi connectivity index (χ0n) is 11.4. The van der Waals surface area contributed by atoms with Gasteiger partial charge in [-0.2, -0.15) is 0 Å². The largest absolute Gasteiger partial charge is 0.221 e. The maximum Gasteiger partial charge on any atom is 0.0899 e. The van der Waals surface area contributed by atoms with Gasteiger partial charge in [-0.05, 0) is 25.0 Å². The lowest BCUT2D eigenvalue weighted by atomic mass is 10.1. The van der Waals surface area contributed by atoms with Crippen LogP contribution in [0.1, 0.15) is 22.3 Å². The van der Waals surface area contributed by atoms with Gasteiger partial charge in [-0.15, -0.1) is 0 Å². The smallest absolute Gasteiger partial charge is 0.0899 e. The van der Waals surface area contributed by atoms with E-state index in [1.807, 2.05) is 0 Å². The molecule has 0 aliphatic carbocycles. The van der Waals surface area contributed by atoms with Crippen molar-refractivity contribution in [2.75, 3.05) is 0 Å². The maximum absolute atomic E-state index is 4.19. The molecular formula is C17H18N2. The zero-order chi connectivity index (χ0) is 13.5. The average molecular weight is 250 g/mol. The van der Waals surface area contributed by atoms with E-state index >= 15 is 0 Å². The van der Waals surface area contributed by atoms with Crippen molar-refractivity contribution in [3.05, 3.63) is 70.8 Å². The highest BCUT2D eigenvalue weighted by Crippen LogP contribution is 2.05. The van der Waals surface area contributed by atoms with E-state index in [2.05, 4.69) is 78.4 Å². The molecule has 2 rings (SSSR count). The fourth-order valence-corrected chi connectivity index (χ4v) is 1.69. The molecule has 0 N–H and O–H groups in total. The van der Waals surface area contributed by atoms with Gasteiger partial charge in [-0.1, -0.05) is 59.7 Å². The number of aliphatic imine (C=N–C) groups is 2. The number of rotatable bonds is 4. The molecule has 0 spiro atoms. The van der Waals surface area contributed by atoms with E-state index in [4.69, 9.17) is 0 Å². The molecule has 2 aromatic carbocycles. The molecule has 0 aliphatic heterocycles. The van der Waals surface area contributed by atoms with Gasteiger partial charge in [0.05, 0.1) is 19.1 Å². The second-order valence-corrected chi connectivity index (χ2v) is 4.70. The minimum atomic E-state index is 0.637. The van der Waals surface area contributed by atoms with Crippen LogP contribution in [0.5, 0.6) is 0 Å². The predicted octanol–water partition coefficient (Wildman–Crippen LogP) is 4.18. The van der Waals surface area contributed by atoms with Crippen LogP contribution in [-0.4, -0.2) is 6.01 Å². The Morgan fingerprint density at radius 2 is 1.05 bits per heavy atom. The van der Waals surface area contributed by atoms with E-state index in [9.17, 15) is 0 Å². The van der Waals surface area contributed by atoms with Gasteiger partial charge in [0, 0.05) is 0 Å². The Morgan fingerprint density at radius 1 is 0.684 bits per heavy atom. The SMILES string of the molecule is Cc1ccc(CN=C=NCc2ccc(C)cc2)cc1. The van der Waals surface area contributed by atoms with E-state index in [0.717, 1.165) is 0 Å². The van der Waals surface area contributed by atoms with Crippen molar-refractivity contribution in [1.29, 1.82) is 0 Å². The molecule has 0 amide bonds. The molecule has 19 heavy (non-hydrogen) atoms. The Kier molecular flexibility index (Phi) is 4.66. The number of hydrogen-bond donors (Lipinski definition) is 0. The van der Waals surface area contributed by atoms with Crippen LogP contribution in [0.2, 0.25) is 0 Å². The molecule has 2 heteroatoms. The van der Waals surface area contributed by atoms with Gasteiger partial charge in [0.25, 0.3) is 0 Å². The van der Waals surface area contributed by atoms with Crippen molar-refractivity contribution in [3.63, 3.8) is 0 Å². The van der Waals surface area contributed by atoms with Crippen LogP contribution in [0.4, 0.5) is 0 Å². The Morgan fingerprint density at radius 3 is 1.42 bits per heavy atom. The summed E-state index contributed by atoms with van der Waals surface area (Å²) in [7, 11) is 0. The van der Waals surface area contributed by atoms with E-state index in [1.165, 1.54) is 22.3 Å². The fraction of sp³-hybridized carbons (Fsp3) is 0.235. The van der Waals surface area contributed by atoms with Crippen LogP contribution >= 0.6 is 0 Å². The third kappa shape index (κ3) is 4.53. The van der Waals surface area contributed by atoms with E-state index in [-0.39, 0.29) is 0 Å². The molecule has 0 radical (unpaired) electrons. The molecule has 0 atom stereocenters. The first-order chi connectivity index (χ1) is 9.24. The maximum atomic E-state index is 4.19. The van der Waals surface area contributed by atoms with Crippen molar-refractivity contribution in [1.82, 2.24) is 0 Å². The summed E-state index contributed by atoms with van der Waals surface area (Å²) in [6.07, 6.45) is 0. The van der Waals surface area contributed by atoms with Crippen molar-refractivity contribution < 1.29 is 0 Å². The highest BCUT2D eigenvalue weighted by Gasteiger charge is 1.90. The Bertz CT molecular complexity index is 522. The quantitative estimate of drug-likeness (QED) is 0.727. The van der Waals surface area contributed by atoms with Gasteiger partial charge >= 0.3 is 0 Å². The summed E-state index contributed by atoms with van der Waals surface area (Å²) in [6, 6.07) is 19.5. The van der Waals surface area contributed by atoms with Crippen molar-refractivity contribution in [3.8, 4) is 0 Å². The summed E-state index contributed by atoms with van der Waals surface area (Å²) in [6.45, 7) is 5.43. The van der Waals surface area contributed by atoms with Crippen LogP contribution in [0.3, 0.4) is 0 Å². The molecule has 0 bridgehead atoms. The van der Waals surface area contributed by atoms with Crippen LogP contribution in [0.25, 0.3) is 0 Å². The van der Waals surface area contributed by atoms with Crippen LogP contribution in [0, 0.1) is 13.8 Å². The van der Waals surface area contributed by atoms with Crippen molar-refractivity contribution in [2.45, 2.75) is 26.9 Å². The summed E-state index contributed by atoms with van der Waals surface area (Å²) < 4.78 is 0. The molecule has 0 saturated heterocycles. The number of aryl methyl sites for hydroxylation is 2. The van der Waals surface area contributed by atoms with Gasteiger partial charge in [0.2, 0.25) is 0 Å². The topological polar surface area (TPSA) is 24.7 Å². The lowest BCUT2D eigenvalue weighted by molar-refractivity contribution is 1.04. The molecule has 96 valence electrons. The molecule has 0 unspecified atom stereocenters. The lowest BCUT2D eigenvalue weighted by Gasteiger charge is -1.96. The Balaban J connectivity index is 1.86. The van der Waals surface area contributed by atoms with Crippen molar-refractivity contribution in [2.24, 2.45) is 9.98 Å². The van der Waals surface area contributed by atoms with Crippen molar-refractivity contribution >= 4 is 6.01 Å². The summed E-state index contributed by atoms with van der Waals surface area (Å²) in [5, 5.41) is 0. The highest BCUT2D eigenvalue weighted by atomic mass is 14.8. The third-order valence-corrected chi connectivity index (χ3v) is 2.91. The number of benzene rings is 2. The van der Waals surface area contributed by atoms with Gasteiger partial charge in [-0.3, -0.25) is 0 Å². The predicted molar refractivity (Wildman–Crippen MR) is 79.6 cm³/mol. The summed E-state index contributed by atoms with van der Waals surface area (Å²) in [5.41, 5.74) is 4.90. The van der Waals surface area contributed by atoms with Gasteiger partial charge < -0.3 is 0 Å². The molecule has 0 fully saturated rings. The van der Waals surface area contributed by atoms with Gasteiger partial charge in [-0.25, -0.2) is 9.98 Å². The summed E-state index contributed by atoms with van der Waals surface area (Å²) in [5.74, 6) is 0. The highest BCUT2D eigenvalue weighted by molar-refractivity contribution is 5.42. The van der Waals surface area contributed by atoms with E-state index in [1.54, 1.807) is 0 Å². The first kappa shape index (κ1) is 13.3. The standard InChI is InChI=1S/C17H18N2/c1-14-3-7-16(8-4-14)11-18-13-19-12-17-9-5-15(2)6-10-17/h3-10H,11-12H2,1-2H3. The minimum absolute atomic E-state index is 0.637. The average Bonchev–Trinajstić information content (AvgIpc) is 2.43. The molecule has 2 nitrogen and oxygen atoms in total. The van der Waals surface area contributed by atoms with Gasteiger partial charge in [0.1, 0.15) is 0 Å². The van der Waals surface area contributed by atoms with Crippen LogP contribution < -0.4 is 0 Å². The normalized spacial score (nSPS) is 9.79. The molecule has 0 heterocycles. The second-order valence-electron chi connectivity index (χ2n) is 4.70. The number of hydrogen-bond acceptors (Lipinski definition) is 2. The zero-order valence-corrected chi connectivity index (χ0v) is 11.4. The molecule has 0 aliphatic rings. The van der Waals surface area contributed by atoms with Gasteiger partial charge in [0.15, 0.2) is 0 Å². The second kappa shape index (κ2) is 6.67. The molecule has 2 aromatic rings. The monoisotopic (exact) mass is 250 g/mol. The molecular weight excluding hydrogens is 232 g/mol. The Labute approximate surface area is 114 Å². The van der Waals surface area contributed by atoms with E-state index < -0.39 is 0 Å². The fourth-order valence-electron chi connectivity index (χ4n) is 1.69. The molecule has 0 aromatic heterocycles. The van der Waals surface area contributed by atoms with E-state index in [0.29, 0.717) is 13.1 Å².